The quantitative estimate of drug-likeness (QED) is 0.862. The van der Waals surface area contributed by atoms with Gasteiger partial charge in [-0.25, -0.2) is 4.98 Å². The van der Waals surface area contributed by atoms with Crippen molar-refractivity contribution in [2.75, 3.05) is 25.0 Å². The van der Waals surface area contributed by atoms with Gasteiger partial charge in [-0.1, -0.05) is 11.6 Å². The summed E-state index contributed by atoms with van der Waals surface area (Å²) >= 11 is 5.68. The maximum atomic E-state index is 11.7. The highest BCUT2D eigenvalue weighted by Crippen LogP contribution is 2.09. The Bertz CT molecular complexity index is 379. The Kier molecular flexibility index (Phi) is 3.56. The van der Waals surface area contributed by atoms with Crippen LogP contribution in [-0.4, -0.2) is 40.4 Å². The summed E-state index contributed by atoms with van der Waals surface area (Å²) in [6, 6.07) is 0. The summed E-state index contributed by atoms with van der Waals surface area (Å²) in [5, 5.41) is 3.23. The summed E-state index contributed by atoms with van der Waals surface area (Å²) in [5.74, 6) is 0.624. The topological polar surface area (TPSA) is 58.1 Å². The van der Waals surface area contributed by atoms with Crippen LogP contribution in [0.2, 0.25) is 5.15 Å². The first kappa shape index (κ1) is 11.1. The van der Waals surface area contributed by atoms with E-state index in [9.17, 15) is 4.79 Å². The fourth-order valence-corrected chi connectivity index (χ4v) is 1.82. The molecule has 1 aromatic rings. The van der Waals surface area contributed by atoms with Gasteiger partial charge in [-0.05, 0) is 12.8 Å². The van der Waals surface area contributed by atoms with Crippen molar-refractivity contribution >= 4 is 23.3 Å². The molecule has 0 bridgehead atoms. The lowest BCUT2D eigenvalue weighted by Gasteiger charge is -2.15. The largest absolute Gasteiger partial charge is 0.360 e. The number of likely N-dealkylation sites (tertiary alicyclic amines) is 1. The lowest BCUT2D eigenvalue weighted by atomic mass is 10.4. The molecule has 1 aromatic heterocycles. The van der Waals surface area contributed by atoms with Crippen LogP contribution < -0.4 is 5.32 Å². The van der Waals surface area contributed by atoms with Crippen molar-refractivity contribution in [3.63, 3.8) is 0 Å². The van der Waals surface area contributed by atoms with Gasteiger partial charge in [0.2, 0.25) is 5.91 Å². The molecule has 0 saturated carbocycles. The predicted molar refractivity (Wildman–Crippen MR) is 61.3 cm³/mol. The number of carbonyl (C=O) groups excluding carboxylic acids is 1. The van der Waals surface area contributed by atoms with E-state index >= 15 is 0 Å². The highest BCUT2D eigenvalue weighted by molar-refractivity contribution is 6.29. The average Bonchev–Trinajstić information content (AvgIpc) is 2.79. The SMILES string of the molecule is O=C(CNc1cncc(Cl)n1)N1CCCC1. The van der Waals surface area contributed by atoms with Crippen LogP contribution >= 0.6 is 11.6 Å². The van der Waals surface area contributed by atoms with Gasteiger partial charge >= 0.3 is 0 Å². The molecule has 1 fully saturated rings. The van der Waals surface area contributed by atoms with Crippen molar-refractivity contribution < 1.29 is 4.79 Å². The second-order valence-corrected chi connectivity index (χ2v) is 4.06. The second kappa shape index (κ2) is 5.12. The molecule has 86 valence electrons. The van der Waals surface area contributed by atoms with E-state index < -0.39 is 0 Å². The van der Waals surface area contributed by atoms with Gasteiger partial charge in [-0.2, -0.15) is 0 Å². The standard InChI is InChI=1S/C10H13ClN4O/c11-8-5-12-6-9(14-8)13-7-10(16)15-3-1-2-4-15/h5-6H,1-4,7H2,(H,13,14). The van der Waals surface area contributed by atoms with Gasteiger partial charge in [0.25, 0.3) is 0 Å². The zero-order valence-corrected chi connectivity index (χ0v) is 9.57. The minimum Gasteiger partial charge on any atom is -0.360 e. The minimum atomic E-state index is 0.0966. The van der Waals surface area contributed by atoms with Crippen LogP contribution in [0.5, 0.6) is 0 Å². The minimum absolute atomic E-state index is 0.0966. The molecular weight excluding hydrogens is 228 g/mol. The molecule has 0 atom stereocenters. The molecule has 1 N–H and O–H groups in total. The van der Waals surface area contributed by atoms with E-state index in [1.807, 2.05) is 4.90 Å². The molecule has 2 heterocycles. The molecule has 0 unspecified atom stereocenters. The van der Waals surface area contributed by atoms with E-state index in [4.69, 9.17) is 11.6 Å². The molecule has 0 aliphatic carbocycles. The second-order valence-electron chi connectivity index (χ2n) is 3.67. The number of nitrogens with zero attached hydrogens (tertiary/aromatic N) is 3. The van der Waals surface area contributed by atoms with E-state index in [1.165, 1.54) is 6.20 Å². The molecule has 6 heteroatoms. The Morgan fingerprint density at radius 1 is 1.44 bits per heavy atom. The van der Waals surface area contributed by atoms with Gasteiger partial charge in [0.1, 0.15) is 11.0 Å². The van der Waals surface area contributed by atoms with Crippen molar-refractivity contribution in [2.45, 2.75) is 12.8 Å². The molecule has 16 heavy (non-hydrogen) atoms. The number of amides is 1. The highest BCUT2D eigenvalue weighted by atomic mass is 35.5. The molecule has 2 rings (SSSR count). The Hall–Kier alpha value is -1.36. The van der Waals surface area contributed by atoms with Crippen molar-refractivity contribution in [2.24, 2.45) is 0 Å². The van der Waals surface area contributed by atoms with Gasteiger partial charge in [-0.3, -0.25) is 9.78 Å². The number of carbonyl (C=O) groups is 1. The zero-order chi connectivity index (χ0) is 11.4. The van der Waals surface area contributed by atoms with Gasteiger partial charge in [0.05, 0.1) is 18.9 Å². The van der Waals surface area contributed by atoms with Crippen LogP contribution in [0, 0.1) is 0 Å². The maximum Gasteiger partial charge on any atom is 0.241 e. The average molecular weight is 241 g/mol. The fourth-order valence-electron chi connectivity index (χ4n) is 1.67. The van der Waals surface area contributed by atoms with Crippen LogP contribution in [0.25, 0.3) is 0 Å². The number of halogens is 1. The Morgan fingerprint density at radius 2 is 2.19 bits per heavy atom. The molecule has 1 amide bonds. The normalized spacial score (nSPS) is 15.2. The van der Waals surface area contributed by atoms with Crippen molar-refractivity contribution in [1.29, 1.82) is 0 Å². The number of nitrogens with one attached hydrogen (secondary N) is 1. The van der Waals surface area contributed by atoms with Crippen LogP contribution in [0.3, 0.4) is 0 Å². The Labute approximate surface area is 98.8 Å². The van der Waals surface area contributed by atoms with Crippen molar-refractivity contribution in [3.8, 4) is 0 Å². The van der Waals surface area contributed by atoms with Crippen LogP contribution in [0.1, 0.15) is 12.8 Å². The van der Waals surface area contributed by atoms with E-state index in [0.717, 1.165) is 25.9 Å². The number of hydrogen-bond donors (Lipinski definition) is 1. The van der Waals surface area contributed by atoms with Crippen LogP contribution in [0.4, 0.5) is 5.82 Å². The summed E-state index contributed by atoms with van der Waals surface area (Å²) < 4.78 is 0. The third-order valence-electron chi connectivity index (χ3n) is 2.48. The van der Waals surface area contributed by atoms with Crippen LogP contribution in [-0.2, 0) is 4.79 Å². The summed E-state index contributed by atoms with van der Waals surface area (Å²) in [5.41, 5.74) is 0. The van der Waals surface area contributed by atoms with Gasteiger partial charge in [-0.15, -0.1) is 0 Å². The number of aromatic nitrogens is 2. The zero-order valence-electron chi connectivity index (χ0n) is 8.82. The monoisotopic (exact) mass is 240 g/mol. The van der Waals surface area contributed by atoms with E-state index in [0.29, 0.717) is 11.0 Å². The highest BCUT2D eigenvalue weighted by Gasteiger charge is 2.17. The molecule has 1 aliphatic heterocycles. The van der Waals surface area contributed by atoms with E-state index in [-0.39, 0.29) is 12.5 Å². The Morgan fingerprint density at radius 3 is 2.88 bits per heavy atom. The summed E-state index contributed by atoms with van der Waals surface area (Å²) in [4.78, 5) is 21.4. The molecular formula is C10H13ClN4O. The third-order valence-corrected chi connectivity index (χ3v) is 2.67. The predicted octanol–water partition coefficient (Wildman–Crippen LogP) is 1.16. The summed E-state index contributed by atoms with van der Waals surface area (Å²) in [6.07, 6.45) is 5.20. The van der Waals surface area contributed by atoms with Crippen molar-refractivity contribution in [1.82, 2.24) is 14.9 Å². The van der Waals surface area contributed by atoms with Gasteiger partial charge < -0.3 is 10.2 Å². The van der Waals surface area contributed by atoms with Gasteiger partial charge in [0.15, 0.2) is 0 Å². The molecule has 1 aliphatic rings. The van der Waals surface area contributed by atoms with Gasteiger partial charge in [0, 0.05) is 13.1 Å². The van der Waals surface area contributed by atoms with Crippen molar-refractivity contribution in [3.05, 3.63) is 17.5 Å². The first-order chi connectivity index (χ1) is 7.75. The molecule has 0 radical (unpaired) electrons. The first-order valence-electron chi connectivity index (χ1n) is 5.25. The molecule has 0 aromatic carbocycles. The van der Waals surface area contributed by atoms with Crippen LogP contribution in [0.15, 0.2) is 12.4 Å². The van der Waals surface area contributed by atoms with E-state index in [2.05, 4.69) is 15.3 Å². The number of anilines is 1. The number of hydrogen-bond acceptors (Lipinski definition) is 4. The fraction of sp³-hybridized carbons (Fsp3) is 0.500. The maximum absolute atomic E-state index is 11.7. The lowest BCUT2D eigenvalue weighted by molar-refractivity contribution is -0.128. The first-order valence-corrected chi connectivity index (χ1v) is 5.63. The lowest BCUT2D eigenvalue weighted by Crippen LogP contribution is -2.33. The number of rotatable bonds is 3. The molecule has 1 saturated heterocycles. The molecule has 5 nitrogen and oxygen atoms in total. The summed E-state index contributed by atoms with van der Waals surface area (Å²) in [6.45, 7) is 1.97. The molecule has 0 spiro atoms. The third kappa shape index (κ3) is 2.82. The summed E-state index contributed by atoms with van der Waals surface area (Å²) in [7, 11) is 0. The Balaban J connectivity index is 1.84. The van der Waals surface area contributed by atoms with E-state index in [1.54, 1.807) is 6.20 Å². The smallest absolute Gasteiger partial charge is 0.241 e.